The monoisotopic (exact) mass is 1960 g/mol. The molecule has 0 aliphatic carbocycles. The third-order valence-corrected chi connectivity index (χ3v) is 21.6. The lowest BCUT2D eigenvalue weighted by Gasteiger charge is -2.31. The van der Waals surface area contributed by atoms with E-state index in [9.17, 15) is 136 Å². The molecule has 2 aromatic carbocycles. The number of amides is 17. The summed E-state index contributed by atoms with van der Waals surface area (Å²) in [6, 6.07) is -10.6. The zero-order chi connectivity index (χ0) is 105. The van der Waals surface area contributed by atoms with Crippen LogP contribution in [0.5, 0.6) is 0 Å². The highest BCUT2D eigenvalue weighted by Gasteiger charge is 2.42. The number of carbonyl (C=O) groups excluding carboxylic acids is 17. The first-order chi connectivity index (χ1) is 65.4. The Bertz CT molecular complexity index is 4620. The molecular weight excluding hydrogens is 1820 g/mol. The quantitative estimate of drug-likeness (QED) is 0.0234. The number of H-pyrrole nitrogens is 1. The van der Waals surface area contributed by atoms with Gasteiger partial charge in [-0.1, -0.05) is 128 Å². The molecule has 29 N–H and O–H groups in total. The van der Waals surface area contributed by atoms with E-state index in [0.29, 0.717) is 42.6 Å². The van der Waals surface area contributed by atoms with Crippen LogP contribution in [-0.2, 0) is 120 Å². The topological polar surface area (TPSA) is 785 Å². The van der Waals surface area contributed by atoms with Gasteiger partial charge in [0.05, 0.1) is 63.2 Å². The summed E-state index contributed by atoms with van der Waals surface area (Å²) in [5.74, 6) is -26.9. The van der Waals surface area contributed by atoms with Gasteiger partial charge in [-0.05, 0) is 115 Å². The summed E-state index contributed by atoms with van der Waals surface area (Å²) in [7, 11) is 0. The first-order valence-electron chi connectivity index (χ1n) is 45.8. The Morgan fingerprint density at radius 1 is 0.403 bits per heavy atom. The number of aliphatic carboxylic acids is 4. The molecule has 0 fully saturated rings. The largest absolute Gasteiger partial charge is 0.481 e. The van der Waals surface area contributed by atoms with Gasteiger partial charge in [-0.2, -0.15) is 0 Å². The van der Waals surface area contributed by atoms with Gasteiger partial charge >= 0.3 is 23.9 Å². The molecule has 1 aromatic heterocycles. The number of nitrogens with one attached hydrogen (secondary N) is 18. The lowest BCUT2D eigenvalue weighted by Crippen LogP contribution is -2.63. The highest BCUT2D eigenvalue weighted by Crippen LogP contribution is 2.18. The number of hydrogen-bond donors (Lipinski definition) is 27. The summed E-state index contributed by atoms with van der Waals surface area (Å²) >= 11 is 0. The number of carboxylic acid groups (broad SMARTS) is 4. The molecule has 3 rings (SSSR count). The van der Waals surface area contributed by atoms with E-state index in [1.807, 2.05) is 0 Å². The van der Waals surface area contributed by atoms with Crippen molar-refractivity contribution in [1.29, 1.82) is 0 Å². The van der Waals surface area contributed by atoms with Crippen molar-refractivity contribution < 1.29 is 136 Å². The maximum atomic E-state index is 14.8. The highest BCUT2D eigenvalue weighted by atomic mass is 16.4. The lowest BCUT2D eigenvalue weighted by molar-refractivity contribution is -0.142. The van der Waals surface area contributed by atoms with E-state index in [4.69, 9.17) is 11.5 Å². The van der Waals surface area contributed by atoms with Gasteiger partial charge in [0, 0.05) is 37.9 Å². The van der Waals surface area contributed by atoms with Gasteiger partial charge in [-0.3, -0.25) is 101 Å². The van der Waals surface area contributed by atoms with E-state index in [1.54, 1.807) is 98.7 Å². The molecule has 0 spiro atoms. The molecule has 3 aromatic rings. The molecule has 0 aliphatic heterocycles. The molecule has 772 valence electrons. The van der Waals surface area contributed by atoms with Crippen molar-refractivity contribution in [2.45, 2.75) is 301 Å². The summed E-state index contributed by atoms with van der Waals surface area (Å²) < 4.78 is 0. The standard InChI is InChI=1S/C90H139N21O28/c1-13-15-28-55(77(127)102-61(36-52-26-20-17-21-27-52)84(134)110-73(50(10)114)88(138)109-72(49(9)14-2)87(137)106-59(34-47(5)6)80(130)104-64(40-71(122)123)83(133)101-58(33-46(3)4)79(129)99-56(29-22-23-32-91)76(126)96-48(7)8)98-78(128)57(30-31-68(116)117)100-82(132)63(39-70(120)121)105-86(136)66(44-113)107-81(131)60(35-51-24-18-16-19-25-51)103-85(135)65(43-112)97-67(115)42-94-75(125)62(38-69(118)119)108-89(139)90(11,12)111-74(124)54(92)37-53-41-93-45-95-53/h16-21,24-27,41,45-50,54-66,72-73,112-114H,13-15,22-23,28-40,42-44,91-92H2,1-12H3,(H,93,95)(H,94,125)(H,96,126)(H,97,115)(H,98,128)(H,99,129)(H,100,132)(H,101,133)(H,102,127)(H,103,135)(H,104,130)(H,105,136)(H,106,137)(H,107,131)(H,108,139)(H,109,138)(H,110,134)(H,111,124)(H,116,117)(H,118,119)(H,120,121)(H,122,123)/t49-,50+,54-,55-,56-,57-,58-,59-,60-,61+,62-,63-,64-,65-,66-,72-,73-/m0/s1. The number of carboxylic acids is 4. The molecule has 17 amide bonds. The summed E-state index contributed by atoms with van der Waals surface area (Å²) in [6.45, 7) is 15.5. The van der Waals surface area contributed by atoms with Gasteiger partial charge < -0.3 is 143 Å². The number of benzene rings is 2. The average molecular weight is 1960 g/mol. The molecule has 49 nitrogen and oxygen atoms in total. The van der Waals surface area contributed by atoms with Crippen LogP contribution in [0.4, 0.5) is 0 Å². The average Bonchev–Trinajstić information content (AvgIpc) is 1.71. The van der Waals surface area contributed by atoms with Crippen molar-refractivity contribution in [1.82, 2.24) is 100 Å². The van der Waals surface area contributed by atoms with Gasteiger partial charge in [0.25, 0.3) is 0 Å². The number of aliphatic hydroxyl groups is 3. The minimum absolute atomic E-state index is 0.000710. The van der Waals surface area contributed by atoms with Crippen LogP contribution in [0.3, 0.4) is 0 Å². The van der Waals surface area contributed by atoms with Crippen molar-refractivity contribution in [2.24, 2.45) is 29.2 Å². The fourth-order valence-corrected chi connectivity index (χ4v) is 13.8. The number of hydrogen-bond acceptors (Lipinski definition) is 27. The molecular formula is C90H139N21O28. The van der Waals surface area contributed by atoms with E-state index in [0.717, 1.165) is 6.92 Å². The first-order valence-corrected chi connectivity index (χ1v) is 45.8. The molecule has 0 unspecified atom stereocenters. The van der Waals surface area contributed by atoms with E-state index in [-0.39, 0.29) is 69.2 Å². The minimum atomic E-state index is -2.24. The van der Waals surface area contributed by atoms with E-state index in [1.165, 1.54) is 50.6 Å². The van der Waals surface area contributed by atoms with Crippen LogP contribution in [0.1, 0.15) is 190 Å². The maximum absolute atomic E-state index is 14.8. The number of aromatic amines is 1. The Hall–Kier alpha value is -13.7. The van der Waals surface area contributed by atoms with Crippen molar-refractivity contribution in [3.8, 4) is 0 Å². The Labute approximate surface area is 803 Å². The van der Waals surface area contributed by atoms with Crippen molar-refractivity contribution in [3.63, 3.8) is 0 Å². The summed E-state index contributed by atoms with van der Waals surface area (Å²) in [5.41, 5.74) is 11.0. The fourth-order valence-electron chi connectivity index (χ4n) is 13.8. The van der Waals surface area contributed by atoms with Crippen LogP contribution in [0.15, 0.2) is 73.2 Å². The normalized spacial score (nSPS) is 15.0. The number of nitrogens with zero attached hydrogens (tertiary/aromatic N) is 1. The molecule has 0 aliphatic rings. The predicted octanol–water partition coefficient (Wildman–Crippen LogP) is -5.80. The zero-order valence-electron chi connectivity index (χ0n) is 80.1. The van der Waals surface area contributed by atoms with E-state index < -0.39 is 291 Å². The summed E-state index contributed by atoms with van der Waals surface area (Å²) in [6.07, 6.45) is -3.34. The third kappa shape index (κ3) is 44.1. The second kappa shape index (κ2) is 60.8. The third-order valence-electron chi connectivity index (χ3n) is 21.6. The molecule has 0 radical (unpaired) electrons. The Kier molecular flexibility index (Phi) is 52.3. The van der Waals surface area contributed by atoms with E-state index >= 15 is 0 Å². The summed E-state index contributed by atoms with van der Waals surface area (Å²) in [5, 5.41) is 112. The molecule has 0 bridgehead atoms. The number of aromatic nitrogens is 2. The number of imidazole rings is 1. The SMILES string of the molecule is CCCC[C@H](NC(=O)[C@H](CCC(=O)O)NC(=O)[C@H](CC(=O)O)NC(=O)[C@H](CO)NC(=O)[C@H](Cc1ccccc1)NC(=O)[C@H](CO)NC(=O)CNC(=O)[C@H](CC(=O)O)NC(=O)C(C)(C)NC(=O)[C@@H](N)Cc1c[nH]cn1)C(=O)N[C@H](Cc1ccccc1)C(=O)N[C@H](C(=O)N[C@H](C(=O)N[C@@H](CC(C)C)C(=O)N[C@@H](CC(=O)O)C(=O)N[C@@H](CC(C)C)C(=O)N[C@@H](CCCCN)C(=O)NC(C)C)[C@@H](C)CC)[C@@H](C)O. The van der Waals surface area contributed by atoms with Crippen LogP contribution in [0, 0.1) is 17.8 Å². The van der Waals surface area contributed by atoms with Crippen LogP contribution in [0.25, 0.3) is 0 Å². The zero-order valence-corrected chi connectivity index (χ0v) is 80.1. The van der Waals surface area contributed by atoms with Gasteiger partial charge in [-0.15, -0.1) is 0 Å². The van der Waals surface area contributed by atoms with Gasteiger partial charge in [0.15, 0.2) is 0 Å². The Morgan fingerprint density at radius 3 is 1.19 bits per heavy atom. The first kappa shape index (κ1) is 119. The maximum Gasteiger partial charge on any atom is 0.305 e. The minimum Gasteiger partial charge on any atom is -0.481 e. The van der Waals surface area contributed by atoms with Crippen molar-refractivity contribution in [2.75, 3.05) is 26.3 Å². The smallest absolute Gasteiger partial charge is 0.305 e. The Morgan fingerprint density at radius 2 is 0.777 bits per heavy atom. The van der Waals surface area contributed by atoms with Crippen LogP contribution in [-0.4, -0.2) is 305 Å². The van der Waals surface area contributed by atoms with Crippen molar-refractivity contribution >= 4 is 124 Å². The molecule has 139 heavy (non-hydrogen) atoms. The van der Waals surface area contributed by atoms with Gasteiger partial charge in [0.1, 0.15) is 90.1 Å². The number of rotatable bonds is 65. The second-order valence-electron chi connectivity index (χ2n) is 35.4. The number of carbonyl (C=O) groups is 21. The number of nitrogens with two attached hydrogens (primary N) is 2. The van der Waals surface area contributed by atoms with Crippen LogP contribution >= 0.6 is 0 Å². The molecule has 0 saturated carbocycles. The molecule has 0 saturated heterocycles. The van der Waals surface area contributed by atoms with Crippen LogP contribution < -0.4 is 102 Å². The highest BCUT2D eigenvalue weighted by molar-refractivity contribution is 6.03. The second-order valence-corrected chi connectivity index (χ2v) is 35.4. The van der Waals surface area contributed by atoms with Gasteiger partial charge in [0.2, 0.25) is 100 Å². The van der Waals surface area contributed by atoms with Gasteiger partial charge in [-0.25, -0.2) is 4.98 Å². The summed E-state index contributed by atoms with van der Waals surface area (Å²) in [4.78, 5) is 294. The number of aliphatic hydroxyl groups excluding tert-OH is 3. The fraction of sp³-hybridized carbons (Fsp3) is 0.600. The van der Waals surface area contributed by atoms with Crippen LogP contribution in [0.2, 0.25) is 0 Å². The lowest BCUT2D eigenvalue weighted by atomic mass is 9.96. The molecule has 1 heterocycles. The molecule has 49 heteroatoms. The Balaban J connectivity index is 1.91. The molecule has 17 atom stereocenters. The number of unbranched alkanes of at least 4 members (excludes halogenated alkanes) is 2. The van der Waals surface area contributed by atoms with Crippen molar-refractivity contribution in [3.05, 3.63) is 90.0 Å². The van der Waals surface area contributed by atoms with E-state index in [2.05, 4.69) is 100 Å². The predicted molar refractivity (Wildman–Crippen MR) is 496 cm³/mol.